The van der Waals surface area contributed by atoms with E-state index in [1.807, 2.05) is 0 Å². The average Bonchev–Trinajstić information content (AvgIpc) is 2.22. The van der Waals surface area contributed by atoms with Crippen molar-refractivity contribution in [1.82, 2.24) is 10.6 Å². The molecule has 86 valence electrons. The lowest BCUT2D eigenvalue weighted by Crippen LogP contribution is -2.52. The summed E-state index contributed by atoms with van der Waals surface area (Å²) in [6, 6.07) is 0.584. The summed E-state index contributed by atoms with van der Waals surface area (Å²) in [6.45, 7) is 7.20. The number of hydrogen-bond donors (Lipinski definition) is 2. The first-order valence-electron chi connectivity index (χ1n) is 5.45. The van der Waals surface area contributed by atoms with Crippen molar-refractivity contribution in [2.45, 2.75) is 31.8 Å². The van der Waals surface area contributed by atoms with Crippen LogP contribution >= 0.6 is 0 Å². The molecule has 4 nitrogen and oxygen atoms in total. The summed E-state index contributed by atoms with van der Waals surface area (Å²) in [5, 5.41) is 6.30. The molecule has 0 spiro atoms. The Kier molecular flexibility index (Phi) is 5.36. The topological polar surface area (TPSA) is 50.4 Å². The van der Waals surface area contributed by atoms with Crippen molar-refractivity contribution < 1.29 is 9.53 Å². The van der Waals surface area contributed by atoms with Gasteiger partial charge in [0.05, 0.1) is 6.61 Å². The maximum absolute atomic E-state index is 11.4. The third-order valence-electron chi connectivity index (χ3n) is 2.58. The minimum absolute atomic E-state index is 0.0441. The molecule has 1 saturated heterocycles. The highest BCUT2D eigenvalue weighted by molar-refractivity contribution is 5.77. The third-order valence-corrected chi connectivity index (χ3v) is 2.58. The first kappa shape index (κ1) is 12.2. The smallest absolute Gasteiger partial charge is 0.246 e. The quantitative estimate of drug-likeness (QED) is 0.514. The second-order valence-electron chi connectivity index (χ2n) is 3.86. The van der Waals surface area contributed by atoms with Crippen LogP contribution in [0.5, 0.6) is 0 Å². The standard InChI is InChI=1S/C11H20N2O2/c1-3-7-15-8-11(14)13-10-5-4-6-12-9(10)2/h3,9-10,12H,1,4-8H2,2H3,(H,13,14). The van der Waals surface area contributed by atoms with Crippen molar-refractivity contribution in [2.75, 3.05) is 19.8 Å². The van der Waals surface area contributed by atoms with Crippen LogP contribution in [0.25, 0.3) is 0 Å². The number of carbonyl (C=O) groups excluding carboxylic acids is 1. The molecular formula is C11H20N2O2. The van der Waals surface area contributed by atoms with Crippen molar-refractivity contribution in [2.24, 2.45) is 0 Å². The zero-order valence-corrected chi connectivity index (χ0v) is 9.29. The lowest BCUT2D eigenvalue weighted by molar-refractivity contribution is -0.126. The summed E-state index contributed by atoms with van der Waals surface area (Å²) < 4.78 is 5.07. The second-order valence-corrected chi connectivity index (χ2v) is 3.86. The fourth-order valence-electron chi connectivity index (χ4n) is 1.72. The number of amides is 1. The lowest BCUT2D eigenvalue weighted by atomic mass is 10.00. The molecule has 0 aliphatic carbocycles. The van der Waals surface area contributed by atoms with Crippen LogP contribution in [-0.2, 0) is 9.53 Å². The van der Waals surface area contributed by atoms with E-state index in [9.17, 15) is 4.79 Å². The Morgan fingerprint density at radius 1 is 1.73 bits per heavy atom. The fraction of sp³-hybridized carbons (Fsp3) is 0.727. The van der Waals surface area contributed by atoms with E-state index in [1.165, 1.54) is 0 Å². The maximum Gasteiger partial charge on any atom is 0.246 e. The minimum atomic E-state index is -0.0441. The minimum Gasteiger partial charge on any atom is -0.368 e. The molecule has 4 heteroatoms. The molecule has 0 bridgehead atoms. The van der Waals surface area contributed by atoms with Gasteiger partial charge in [0.25, 0.3) is 0 Å². The predicted octanol–water partition coefficient (Wildman–Crippen LogP) is 0.446. The molecule has 1 aliphatic heterocycles. The first-order chi connectivity index (χ1) is 7.24. The summed E-state index contributed by atoms with van der Waals surface area (Å²) in [5.41, 5.74) is 0. The van der Waals surface area contributed by atoms with E-state index in [1.54, 1.807) is 6.08 Å². The van der Waals surface area contributed by atoms with Crippen molar-refractivity contribution in [3.8, 4) is 0 Å². The fourth-order valence-corrected chi connectivity index (χ4v) is 1.72. The summed E-state index contributed by atoms with van der Waals surface area (Å²) in [5.74, 6) is -0.0441. The molecule has 0 radical (unpaired) electrons. The van der Waals surface area contributed by atoms with E-state index in [0.29, 0.717) is 12.6 Å². The van der Waals surface area contributed by atoms with Gasteiger partial charge < -0.3 is 15.4 Å². The molecule has 1 heterocycles. The van der Waals surface area contributed by atoms with Crippen molar-refractivity contribution in [3.63, 3.8) is 0 Å². The van der Waals surface area contributed by atoms with Gasteiger partial charge in [0, 0.05) is 12.1 Å². The molecule has 1 rings (SSSR count). The summed E-state index contributed by atoms with van der Waals surface area (Å²) >= 11 is 0. The average molecular weight is 212 g/mol. The van der Waals surface area contributed by atoms with Crippen LogP contribution in [0.2, 0.25) is 0 Å². The Balaban J connectivity index is 2.20. The van der Waals surface area contributed by atoms with Crippen LogP contribution in [0.1, 0.15) is 19.8 Å². The second kappa shape index (κ2) is 6.58. The summed E-state index contributed by atoms with van der Waals surface area (Å²) in [6.07, 6.45) is 3.79. The Morgan fingerprint density at radius 2 is 2.53 bits per heavy atom. The molecule has 0 aromatic rings. The van der Waals surface area contributed by atoms with Crippen LogP contribution in [0.4, 0.5) is 0 Å². The number of piperidine rings is 1. The molecule has 1 amide bonds. The largest absolute Gasteiger partial charge is 0.368 e. The molecule has 2 atom stereocenters. The highest BCUT2D eigenvalue weighted by Crippen LogP contribution is 2.07. The SMILES string of the molecule is C=CCOCC(=O)NC1CCCNC1C. The van der Waals surface area contributed by atoms with Gasteiger partial charge in [-0.25, -0.2) is 0 Å². The molecule has 2 N–H and O–H groups in total. The van der Waals surface area contributed by atoms with Gasteiger partial charge in [-0.2, -0.15) is 0 Å². The van der Waals surface area contributed by atoms with Gasteiger partial charge >= 0.3 is 0 Å². The Hall–Kier alpha value is -0.870. The van der Waals surface area contributed by atoms with Gasteiger partial charge in [0.1, 0.15) is 6.61 Å². The van der Waals surface area contributed by atoms with Gasteiger partial charge in [-0.1, -0.05) is 6.08 Å². The first-order valence-corrected chi connectivity index (χ1v) is 5.45. The van der Waals surface area contributed by atoms with Crippen molar-refractivity contribution >= 4 is 5.91 Å². The van der Waals surface area contributed by atoms with Gasteiger partial charge in [0.15, 0.2) is 0 Å². The zero-order valence-electron chi connectivity index (χ0n) is 9.29. The highest BCUT2D eigenvalue weighted by atomic mass is 16.5. The van der Waals surface area contributed by atoms with E-state index < -0.39 is 0 Å². The Labute approximate surface area is 91.1 Å². The van der Waals surface area contributed by atoms with Gasteiger partial charge in [-0.15, -0.1) is 6.58 Å². The zero-order chi connectivity index (χ0) is 11.1. The van der Waals surface area contributed by atoms with E-state index in [0.717, 1.165) is 19.4 Å². The summed E-state index contributed by atoms with van der Waals surface area (Å²) in [7, 11) is 0. The van der Waals surface area contributed by atoms with Crippen LogP contribution < -0.4 is 10.6 Å². The van der Waals surface area contributed by atoms with E-state index in [2.05, 4.69) is 24.1 Å². The summed E-state index contributed by atoms with van der Waals surface area (Å²) in [4.78, 5) is 11.4. The normalized spacial score (nSPS) is 25.9. The molecule has 1 aliphatic rings. The number of rotatable bonds is 5. The van der Waals surface area contributed by atoms with Crippen LogP contribution in [-0.4, -0.2) is 37.7 Å². The number of hydrogen-bond acceptors (Lipinski definition) is 3. The van der Waals surface area contributed by atoms with Gasteiger partial charge in [-0.3, -0.25) is 4.79 Å². The van der Waals surface area contributed by atoms with Gasteiger partial charge in [0.2, 0.25) is 5.91 Å². The Morgan fingerprint density at radius 3 is 3.20 bits per heavy atom. The molecule has 1 fully saturated rings. The van der Waals surface area contributed by atoms with E-state index >= 15 is 0 Å². The molecule has 0 saturated carbocycles. The van der Waals surface area contributed by atoms with Crippen LogP contribution in [0, 0.1) is 0 Å². The monoisotopic (exact) mass is 212 g/mol. The van der Waals surface area contributed by atoms with Crippen LogP contribution in [0.3, 0.4) is 0 Å². The lowest BCUT2D eigenvalue weighted by Gasteiger charge is -2.30. The van der Waals surface area contributed by atoms with Gasteiger partial charge in [-0.05, 0) is 26.3 Å². The predicted molar refractivity (Wildman–Crippen MR) is 59.6 cm³/mol. The molecule has 2 unspecified atom stereocenters. The molecule has 15 heavy (non-hydrogen) atoms. The number of nitrogens with one attached hydrogen (secondary N) is 2. The molecule has 0 aromatic heterocycles. The molecule has 0 aromatic carbocycles. The Bertz CT molecular complexity index is 219. The van der Waals surface area contributed by atoms with Crippen molar-refractivity contribution in [1.29, 1.82) is 0 Å². The van der Waals surface area contributed by atoms with E-state index in [4.69, 9.17) is 4.74 Å². The maximum atomic E-state index is 11.4. The number of carbonyl (C=O) groups is 1. The molecular weight excluding hydrogens is 192 g/mol. The highest BCUT2D eigenvalue weighted by Gasteiger charge is 2.21. The van der Waals surface area contributed by atoms with E-state index in [-0.39, 0.29) is 18.6 Å². The third kappa shape index (κ3) is 4.44. The van der Waals surface area contributed by atoms with Crippen molar-refractivity contribution in [3.05, 3.63) is 12.7 Å². The van der Waals surface area contributed by atoms with Crippen LogP contribution in [0.15, 0.2) is 12.7 Å². The number of ether oxygens (including phenoxy) is 1.